The number of esters is 2. The number of hydrogen-bond acceptors (Lipinski definition) is 7. The number of quaternary nitrogens is 1. The van der Waals surface area contributed by atoms with Crippen LogP contribution in [0.5, 0.6) is 0 Å². The van der Waals surface area contributed by atoms with Gasteiger partial charge in [0.2, 0.25) is 0 Å². The van der Waals surface area contributed by atoms with Crippen molar-refractivity contribution in [3.05, 3.63) is 0 Å². The Balaban J connectivity index is 4.59. The zero-order valence-electron chi connectivity index (χ0n) is 20.7. The fraction of sp³-hybridized carbons (Fsp3) is 0.909. The van der Waals surface area contributed by atoms with E-state index in [9.17, 15) is 19.0 Å². The standard InChI is InChI=1S/C22H44NO8P/c1-6-8-10-11-12-13-15-22(25)31-20(18-28-21(24)14-9-7-2)19-30-32(26,27)29-17-16-23(3,4)5/h20H,6-19H2,1-5H3/p+1/t20-/m0/s1. The molecule has 0 aliphatic carbocycles. The molecule has 0 bridgehead atoms. The van der Waals surface area contributed by atoms with Gasteiger partial charge in [0.05, 0.1) is 27.7 Å². The van der Waals surface area contributed by atoms with Crippen LogP contribution in [0.1, 0.15) is 78.1 Å². The molecule has 0 aliphatic rings. The minimum atomic E-state index is -4.32. The summed E-state index contributed by atoms with van der Waals surface area (Å²) in [6.07, 6.45) is 7.29. The molecule has 0 aliphatic heterocycles. The highest BCUT2D eigenvalue weighted by Gasteiger charge is 2.26. The average Bonchev–Trinajstić information content (AvgIpc) is 2.69. The third kappa shape index (κ3) is 19.7. The minimum absolute atomic E-state index is 0.0335. The molecule has 2 atom stereocenters. The third-order valence-corrected chi connectivity index (χ3v) is 5.62. The van der Waals surface area contributed by atoms with Gasteiger partial charge in [-0.3, -0.25) is 18.6 Å². The van der Waals surface area contributed by atoms with Gasteiger partial charge in [0, 0.05) is 12.8 Å². The molecule has 0 rings (SSSR count). The first-order valence-corrected chi connectivity index (χ1v) is 13.3. The number of carbonyl (C=O) groups excluding carboxylic acids is 2. The lowest BCUT2D eigenvalue weighted by Crippen LogP contribution is -2.37. The number of likely N-dealkylation sites (N-methyl/N-ethyl adjacent to an activating group) is 1. The van der Waals surface area contributed by atoms with E-state index < -0.39 is 32.5 Å². The van der Waals surface area contributed by atoms with Gasteiger partial charge in [0.15, 0.2) is 6.10 Å². The molecule has 0 aromatic rings. The van der Waals surface area contributed by atoms with Crippen LogP contribution in [-0.4, -0.2) is 74.9 Å². The van der Waals surface area contributed by atoms with Crippen LogP contribution in [-0.2, 0) is 32.7 Å². The van der Waals surface area contributed by atoms with Crippen LogP contribution >= 0.6 is 7.82 Å². The topological polar surface area (TPSA) is 108 Å². The highest BCUT2D eigenvalue weighted by Crippen LogP contribution is 2.43. The second kappa shape index (κ2) is 17.5. The number of hydrogen-bond donors (Lipinski definition) is 1. The van der Waals surface area contributed by atoms with Crippen molar-refractivity contribution in [2.45, 2.75) is 84.2 Å². The van der Waals surface area contributed by atoms with E-state index in [1.807, 2.05) is 28.1 Å². The number of phosphoric acid groups is 1. The van der Waals surface area contributed by atoms with Gasteiger partial charge in [0.25, 0.3) is 0 Å². The van der Waals surface area contributed by atoms with E-state index in [4.69, 9.17) is 18.5 Å². The molecule has 0 amide bonds. The van der Waals surface area contributed by atoms with Gasteiger partial charge in [-0.15, -0.1) is 0 Å². The van der Waals surface area contributed by atoms with E-state index >= 15 is 0 Å². The normalized spacial score (nSPS) is 14.6. The first-order valence-electron chi connectivity index (χ1n) is 11.8. The van der Waals surface area contributed by atoms with Crippen molar-refractivity contribution in [1.82, 2.24) is 0 Å². The van der Waals surface area contributed by atoms with Crippen molar-refractivity contribution < 1.29 is 42.1 Å². The maximum absolute atomic E-state index is 12.2. The fourth-order valence-electron chi connectivity index (χ4n) is 2.63. The Morgan fingerprint density at radius 3 is 2.06 bits per heavy atom. The number of carbonyl (C=O) groups is 2. The molecule has 0 saturated carbocycles. The Bertz CT molecular complexity index is 565. The van der Waals surface area contributed by atoms with Crippen LogP contribution in [0.3, 0.4) is 0 Å². The van der Waals surface area contributed by atoms with Crippen molar-refractivity contribution in [2.75, 3.05) is 47.5 Å². The van der Waals surface area contributed by atoms with Crippen molar-refractivity contribution >= 4 is 19.8 Å². The molecule has 0 aromatic carbocycles. The van der Waals surface area contributed by atoms with Crippen molar-refractivity contribution in [3.63, 3.8) is 0 Å². The second-order valence-corrected chi connectivity index (χ2v) is 10.5. The lowest BCUT2D eigenvalue weighted by Gasteiger charge is -2.24. The molecule has 0 heterocycles. The number of phosphoric ester groups is 1. The SMILES string of the molecule is CCCCCCCCC(=O)O[C@@H](COC(=O)CCCC)COP(=O)(O)OCC[N+](C)(C)C. The summed E-state index contributed by atoms with van der Waals surface area (Å²) < 4.78 is 33.2. The summed E-state index contributed by atoms with van der Waals surface area (Å²) in [6.45, 7) is 4.02. The van der Waals surface area contributed by atoms with Gasteiger partial charge >= 0.3 is 19.8 Å². The van der Waals surface area contributed by atoms with Crippen molar-refractivity contribution in [2.24, 2.45) is 0 Å². The first-order chi connectivity index (χ1) is 15.0. The fourth-order valence-corrected chi connectivity index (χ4v) is 3.38. The van der Waals surface area contributed by atoms with E-state index in [1.165, 1.54) is 6.42 Å². The summed E-state index contributed by atoms with van der Waals surface area (Å²) in [5.41, 5.74) is 0. The zero-order valence-corrected chi connectivity index (χ0v) is 21.6. The van der Waals surface area contributed by atoms with Gasteiger partial charge in [-0.05, 0) is 12.8 Å². The minimum Gasteiger partial charge on any atom is -0.462 e. The van der Waals surface area contributed by atoms with Gasteiger partial charge in [0.1, 0.15) is 19.8 Å². The number of ether oxygens (including phenoxy) is 2. The smallest absolute Gasteiger partial charge is 0.462 e. The van der Waals surface area contributed by atoms with Crippen LogP contribution in [0.4, 0.5) is 0 Å². The first kappa shape index (κ1) is 31.0. The molecule has 10 heteroatoms. The molecule has 1 N–H and O–H groups in total. The monoisotopic (exact) mass is 482 g/mol. The lowest BCUT2D eigenvalue weighted by atomic mass is 10.1. The van der Waals surface area contributed by atoms with Crippen LogP contribution in [0.15, 0.2) is 0 Å². The lowest BCUT2D eigenvalue weighted by molar-refractivity contribution is -0.870. The van der Waals surface area contributed by atoms with E-state index in [0.29, 0.717) is 23.9 Å². The summed E-state index contributed by atoms with van der Waals surface area (Å²) in [5, 5.41) is 0. The highest BCUT2D eigenvalue weighted by atomic mass is 31.2. The largest absolute Gasteiger partial charge is 0.472 e. The molecule has 190 valence electrons. The summed E-state index contributed by atoms with van der Waals surface area (Å²) >= 11 is 0. The maximum Gasteiger partial charge on any atom is 0.472 e. The third-order valence-electron chi connectivity index (χ3n) is 4.64. The Kier molecular flexibility index (Phi) is 16.9. The molecule has 9 nitrogen and oxygen atoms in total. The highest BCUT2D eigenvalue weighted by molar-refractivity contribution is 7.47. The van der Waals surface area contributed by atoms with Gasteiger partial charge in [-0.2, -0.15) is 0 Å². The molecule has 0 radical (unpaired) electrons. The molecule has 0 spiro atoms. The predicted molar refractivity (Wildman–Crippen MR) is 123 cm³/mol. The summed E-state index contributed by atoms with van der Waals surface area (Å²) in [5.74, 6) is -0.854. The average molecular weight is 483 g/mol. The second-order valence-electron chi connectivity index (χ2n) is 9.03. The Labute approximate surface area is 193 Å². The molecular weight excluding hydrogens is 437 g/mol. The maximum atomic E-state index is 12.2. The van der Waals surface area contributed by atoms with Crippen LogP contribution in [0.2, 0.25) is 0 Å². The summed E-state index contributed by atoms with van der Waals surface area (Å²) in [6, 6.07) is 0. The number of rotatable bonds is 20. The quantitative estimate of drug-likeness (QED) is 0.119. The van der Waals surface area contributed by atoms with E-state index in [2.05, 4.69) is 6.92 Å². The Morgan fingerprint density at radius 2 is 1.44 bits per heavy atom. The van der Waals surface area contributed by atoms with E-state index in [1.54, 1.807) is 0 Å². The number of nitrogens with zero attached hydrogens (tertiary/aromatic N) is 1. The predicted octanol–water partition coefficient (Wildman–Crippen LogP) is 4.22. The summed E-state index contributed by atoms with van der Waals surface area (Å²) in [7, 11) is 1.47. The molecule has 1 unspecified atom stereocenters. The van der Waals surface area contributed by atoms with Gasteiger partial charge in [-0.1, -0.05) is 52.4 Å². The molecule has 0 aromatic heterocycles. The molecule has 32 heavy (non-hydrogen) atoms. The van der Waals surface area contributed by atoms with E-state index in [-0.39, 0.29) is 26.1 Å². The molecular formula is C22H45NO8P+. The van der Waals surface area contributed by atoms with Crippen molar-refractivity contribution in [3.8, 4) is 0 Å². The zero-order chi connectivity index (χ0) is 24.5. The van der Waals surface area contributed by atoms with Crippen LogP contribution in [0, 0.1) is 0 Å². The summed E-state index contributed by atoms with van der Waals surface area (Å²) in [4.78, 5) is 33.9. The molecule has 0 saturated heterocycles. The Hall–Kier alpha value is -0.990. The van der Waals surface area contributed by atoms with Crippen molar-refractivity contribution in [1.29, 1.82) is 0 Å². The molecule has 0 fully saturated rings. The number of unbranched alkanes of at least 4 members (excludes halogenated alkanes) is 6. The van der Waals surface area contributed by atoms with Gasteiger partial charge < -0.3 is 18.9 Å². The van der Waals surface area contributed by atoms with Crippen LogP contribution < -0.4 is 0 Å². The Morgan fingerprint density at radius 1 is 0.844 bits per heavy atom. The van der Waals surface area contributed by atoms with E-state index in [0.717, 1.165) is 32.1 Å². The van der Waals surface area contributed by atoms with Crippen LogP contribution in [0.25, 0.3) is 0 Å². The van der Waals surface area contributed by atoms with Gasteiger partial charge in [-0.25, -0.2) is 4.57 Å².